The molecule has 242 valence electrons. The fourth-order valence-electron chi connectivity index (χ4n) is 4.76. The average Bonchev–Trinajstić information content (AvgIpc) is 3.37. The first kappa shape index (κ1) is 34.8. The van der Waals surface area contributed by atoms with E-state index in [0.29, 0.717) is 11.3 Å². The van der Waals surface area contributed by atoms with Gasteiger partial charge in [-0.2, -0.15) is 0 Å². The zero-order chi connectivity index (χ0) is 32.3. The first-order chi connectivity index (χ1) is 21.0. The normalized spacial score (nSPS) is 24.0. The Morgan fingerprint density at radius 1 is 1.16 bits per heavy atom. The molecule has 1 aromatic rings. The Morgan fingerprint density at radius 3 is 2.59 bits per heavy atom. The number of carbonyl (C=O) groups is 4. The summed E-state index contributed by atoms with van der Waals surface area (Å²) in [6.45, 7) is -1.51. The number of nitrogens with one attached hydrogen (secondary N) is 3. The van der Waals surface area contributed by atoms with Crippen molar-refractivity contribution in [2.24, 2.45) is 0 Å². The highest BCUT2D eigenvalue weighted by Gasteiger charge is 2.55. The van der Waals surface area contributed by atoms with Crippen LogP contribution in [0.5, 0.6) is 0 Å². The molecule has 2 aliphatic rings. The van der Waals surface area contributed by atoms with Crippen LogP contribution in [-0.4, -0.2) is 132 Å². The van der Waals surface area contributed by atoms with Crippen molar-refractivity contribution in [3.63, 3.8) is 0 Å². The number of aliphatic hydroxyl groups is 4. The summed E-state index contributed by atoms with van der Waals surface area (Å²) in [7, 11) is 0. The van der Waals surface area contributed by atoms with Crippen LogP contribution in [0.3, 0.4) is 0 Å². The summed E-state index contributed by atoms with van der Waals surface area (Å²) >= 11 is 0. The molecule has 6 atom stereocenters. The number of hydrogen-bond acceptors (Lipinski definition) is 12. The number of terminal acetylenes is 1. The molecule has 3 rings (SSSR count). The number of carbonyl (C=O) groups excluding carboxylic acids is 3. The van der Waals surface area contributed by atoms with Gasteiger partial charge < -0.3 is 60.4 Å². The quantitative estimate of drug-likeness (QED) is 0.0626. The van der Waals surface area contributed by atoms with Crippen LogP contribution in [-0.2, 0) is 51.0 Å². The van der Waals surface area contributed by atoms with Gasteiger partial charge in [0.05, 0.1) is 57.5 Å². The highest BCUT2D eigenvalue weighted by molar-refractivity contribution is 5.99. The van der Waals surface area contributed by atoms with Gasteiger partial charge in [-0.3, -0.25) is 14.4 Å². The van der Waals surface area contributed by atoms with Crippen LogP contribution >= 0.6 is 0 Å². The van der Waals surface area contributed by atoms with Crippen molar-refractivity contribution in [3.8, 4) is 12.3 Å². The topological polar surface area (TPSA) is 242 Å². The summed E-state index contributed by atoms with van der Waals surface area (Å²) in [5.41, 5.74) is 2.00. The van der Waals surface area contributed by atoms with Gasteiger partial charge in [-0.15, -0.1) is 6.42 Å². The summed E-state index contributed by atoms with van der Waals surface area (Å²) < 4.78 is 21.4. The molecular weight excluding hydrogens is 586 g/mol. The van der Waals surface area contributed by atoms with E-state index >= 15 is 0 Å². The fourth-order valence-corrected chi connectivity index (χ4v) is 4.76. The molecule has 0 aliphatic carbocycles. The number of aliphatic carboxylic acids is 1. The highest BCUT2D eigenvalue weighted by atomic mass is 16.7. The molecule has 1 aromatic carbocycles. The van der Waals surface area contributed by atoms with Crippen LogP contribution in [0.25, 0.3) is 0 Å². The number of aliphatic hydroxyl groups excluding tert-OH is 4. The Morgan fingerprint density at radius 2 is 1.89 bits per heavy atom. The molecule has 0 bridgehead atoms. The van der Waals surface area contributed by atoms with Crippen LogP contribution in [0, 0.1) is 12.3 Å². The Bertz CT molecular complexity index is 1220. The Kier molecular flexibility index (Phi) is 13.0. The molecule has 2 aliphatic heterocycles. The number of carboxylic acids is 1. The van der Waals surface area contributed by atoms with E-state index in [2.05, 4.69) is 21.9 Å². The van der Waals surface area contributed by atoms with Crippen molar-refractivity contribution in [1.29, 1.82) is 0 Å². The maximum absolute atomic E-state index is 12.6. The predicted molar refractivity (Wildman–Crippen MR) is 149 cm³/mol. The second kappa shape index (κ2) is 16.4. The molecule has 3 amide bonds. The number of benzene rings is 1. The number of fused-ring (bicyclic) bond motifs is 1. The average molecular weight is 624 g/mol. The lowest BCUT2D eigenvalue weighted by Crippen LogP contribution is -2.68. The van der Waals surface area contributed by atoms with E-state index in [4.69, 9.17) is 25.4 Å². The number of carboxylic acid groups (broad SMARTS) is 1. The van der Waals surface area contributed by atoms with Crippen molar-refractivity contribution in [1.82, 2.24) is 10.6 Å². The summed E-state index contributed by atoms with van der Waals surface area (Å²) in [6.07, 6.45) is -2.69. The summed E-state index contributed by atoms with van der Waals surface area (Å²) in [5.74, 6) is -3.54. The minimum absolute atomic E-state index is 0.0939. The third-order valence-corrected chi connectivity index (χ3v) is 6.89. The molecular formula is C28H37N3O13. The van der Waals surface area contributed by atoms with E-state index in [-0.39, 0.29) is 51.8 Å². The zero-order valence-corrected chi connectivity index (χ0v) is 23.8. The van der Waals surface area contributed by atoms with Crippen LogP contribution in [0.2, 0.25) is 0 Å². The maximum atomic E-state index is 12.6. The Balaban J connectivity index is 1.63. The van der Waals surface area contributed by atoms with Crippen molar-refractivity contribution in [3.05, 3.63) is 29.3 Å². The molecule has 0 radical (unpaired) electrons. The molecule has 44 heavy (non-hydrogen) atoms. The van der Waals surface area contributed by atoms with Gasteiger partial charge in [0.15, 0.2) is 0 Å². The predicted octanol–water partition coefficient (Wildman–Crippen LogP) is -3.35. The van der Waals surface area contributed by atoms with Gasteiger partial charge in [0.2, 0.25) is 17.7 Å². The Hall–Kier alpha value is -3.66. The smallest absolute Gasteiger partial charge is 0.364 e. The molecule has 16 nitrogen and oxygen atoms in total. The van der Waals surface area contributed by atoms with Crippen LogP contribution < -0.4 is 16.0 Å². The molecule has 8 N–H and O–H groups in total. The first-order valence-corrected chi connectivity index (χ1v) is 13.8. The standard InChI is InChI=1S/C28H37N3O13/c1-2-5-41-6-7-42-8-9-43-28(27(39)40)13-19(33)24(31-23(37)15-32)26(44-28)25(38)20(34)14-29-21(35)11-16-3-4-18-17(10-16)12-22(36)30-18/h1,3-4,10,19-20,24-26,32-34,38H,5-9,11-15H2,(H,29,35)(H,30,36)(H,31,37)(H,39,40)/t19-,20+,24+,25+,26+,28+/m0/s1. The van der Waals surface area contributed by atoms with E-state index < -0.39 is 73.6 Å². The van der Waals surface area contributed by atoms with Gasteiger partial charge in [-0.25, -0.2) is 4.79 Å². The molecule has 0 saturated carbocycles. The van der Waals surface area contributed by atoms with Gasteiger partial charge in [-0.1, -0.05) is 18.1 Å². The summed E-state index contributed by atoms with van der Waals surface area (Å²) in [4.78, 5) is 48.3. The van der Waals surface area contributed by atoms with E-state index in [0.717, 1.165) is 5.56 Å². The van der Waals surface area contributed by atoms with Crippen molar-refractivity contribution in [2.45, 2.75) is 55.5 Å². The van der Waals surface area contributed by atoms with Crippen molar-refractivity contribution in [2.75, 3.05) is 51.5 Å². The SMILES string of the molecule is C#CCOCCOCCO[C@]1(C(=O)O)C[C@H](O)[C@@H](NC(=O)CO)[C@H]([C@H](O)[C@H](O)CNC(=O)Cc2ccc3c(c2)CC(=O)N3)O1. The monoisotopic (exact) mass is 623 g/mol. The lowest BCUT2D eigenvalue weighted by atomic mass is 9.88. The van der Waals surface area contributed by atoms with Crippen LogP contribution in [0.1, 0.15) is 17.5 Å². The second-order valence-electron chi connectivity index (χ2n) is 10.1. The zero-order valence-electron chi connectivity index (χ0n) is 23.8. The molecule has 0 spiro atoms. The molecule has 0 unspecified atom stereocenters. The number of ether oxygens (including phenoxy) is 4. The van der Waals surface area contributed by atoms with E-state index in [9.17, 15) is 44.7 Å². The molecule has 0 aromatic heterocycles. The Labute approximate surface area is 252 Å². The van der Waals surface area contributed by atoms with Crippen LogP contribution in [0.4, 0.5) is 5.69 Å². The number of anilines is 1. The largest absolute Gasteiger partial charge is 0.477 e. The third kappa shape index (κ3) is 9.42. The minimum Gasteiger partial charge on any atom is -0.477 e. The highest BCUT2D eigenvalue weighted by Crippen LogP contribution is 2.33. The maximum Gasteiger partial charge on any atom is 0.364 e. The van der Waals surface area contributed by atoms with E-state index in [1.54, 1.807) is 18.2 Å². The van der Waals surface area contributed by atoms with Gasteiger partial charge in [0, 0.05) is 18.7 Å². The lowest BCUT2D eigenvalue weighted by molar-refractivity contribution is -0.312. The van der Waals surface area contributed by atoms with Crippen LogP contribution in [0.15, 0.2) is 18.2 Å². The van der Waals surface area contributed by atoms with Gasteiger partial charge in [0.1, 0.15) is 25.4 Å². The summed E-state index contributed by atoms with van der Waals surface area (Å²) in [6, 6.07) is 3.56. The molecule has 1 saturated heterocycles. The second-order valence-corrected chi connectivity index (χ2v) is 10.1. The molecule has 2 heterocycles. The van der Waals surface area contributed by atoms with Gasteiger partial charge in [-0.05, 0) is 17.2 Å². The van der Waals surface area contributed by atoms with E-state index in [1.807, 2.05) is 0 Å². The molecule has 16 heteroatoms. The third-order valence-electron chi connectivity index (χ3n) is 6.89. The van der Waals surface area contributed by atoms with Gasteiger partial charge in [0.25, 0.3) is 5.79 Å². The fraction of sp³-hybridized carbons (Fsp3) is 0.571. The van der Waals surface area contributed by atoms with Crippen molar-refractivity contribution < 1.29 is 63.7 Å². The van der Waals surface area contributed by atoms with Gasteiger partial charge >= 0.3 is 5.97 Å². The van der Waals surface area contributed by atoms with Crippen molar-refractivity contribution >= 4 is 29.4 Å². The summed E-state index contributed by atoms with van der Waals surface area (Å²) in [5, 5.41) is 59.0. The first-order valence-electron chi connectivity index (χ1n) is 13.8. The lowest BCUT2D eigenvalue weighted by Gasteiger charge is -2.46. The number of rotatable bonds is 17. The van der Waals surface area contributed by atoms with E-state index in [1.165, 1.54) is 0 Å². The number of amides is 3. The molecule has 1 fully saturated rings. The minimum atomic E-state index is -2.51. The number of hydrogen-bond donors (Lipinski definition) is 8.